The van der Waals surface area contributed by atoms with Gasteiger partial charge >= 0.3 is 0 Å². The Kier molecular flexibility index (Phi) is 4.19. The van der Waals surface area contributed by atoms with Gasteiger partial charge in [0.05, 0.1) is 24.8 Å². The number of rotatable bonds is 4. The molecule has 3 aromatic rings. The molecule has 2 saturated heterocycles. The average molecular weight is 443 g/mol. The number of hydrogen-bond acceptors (Lipinski definition) is 9. The number of aromatic hydroxyl groups is 1. The minimum atomic E-state index is -2.64. The van der Waals surface area contributed by atoms with Crippen LogP contribution in [0.4, 0.5) is 10.2 Å². The number of aryl methyl sites for hydroxylation is 1. The lowest BCUT2D eigenvalue weighted by Crippen LogP contribution is -2.68. The molecule has 0 radical (unpaired) electrons. The van der Waals surface area contributed by atoms with Crippen molar-refractivity contribution in [2.24, 2.45) is 7.05 Å². The fraction of sp³-hybridized carbons (Fsp3) is 0.524. The number of fused-ring (bicyclic) bond motifs is 2. The van der Waals surface area contributed by atoms with E-state index >= 15 is 4.39 Å². The number of aromatic nitrogens is 7. The summed E-state index contributed by atoms with van der Waals surface area (Å²) in [6.07, 6.45) is 2.61. The van der Waals surface area contributed by atoms with Crippen LogP contribution in [0.25, 0.3) is 22.8 Å². The number of nitrogens with zero attached hydrogens (tertiary/aromatic N) is 8. The predicted molar refractivity (Wildman–Crippen MR) is 116 cm³/mol. The van der Waals surface area contributed by atoms with E-state index in [1.54, 1.807) is 19.2 Å². The van der Waals surface area contributed by atoms with Crippen LogP contribution in [-0.2, 0) is 7.05 Å². The van der Waals surface area contributed by atoms with Crippen molar-refractivity contribution in [1.82, 2.24) is 40.7 Å². The van der Waals surface area contributed by atoms with Gasteiger partial charge in [0.1, 0.15) is 11.9 Å². The number of benzene rings is 1. The highest BCUT2D eigenvalue weighted by Crippen LogP contribution is 2.38. The van der Waals surface area contributed by atoms with Crippen LogP contribution in [0.1, 0.15) is 36.7 Å². The van der Waals surface area contributed by atoms with Crippen molar-refractivity contribution in [1.29, 1.82) is 0 Å². The number of phenols is 1. The van der Waals surface area contributed by atoms with Gasteiger partial charge in [0, 0.05) is 28.2 Å². The summed E-state index contributed by atoms with van der Waals surface area (Å²) >= 11 is 0. The van der Waals surface area contributed by atoms with Gasteiger partial charge in [0.2, 0.25) is 5.82 Å². The maximum Gasteiger partial charge on any atom is 0.205 e. The molecule has 2 N–H and O–H groups in total. The highest BCUT2D eigenvalue weighted by Gasteiger charge is 2.49. The average Bonchev–Trinajstić information content (AvgIpc) is 3.23. The highest BCUT2D eigenvalue weighted by atomic mass is 19.1. The maximum absolute atomic E-state index is 15.7. The number of tetrazole rings is 1. The first-order valence-electron chi connectivity index (χ1n) is 12.0. The number of halogens is 1. The molecule has 11 heteroatoms. The molecule has 2 fully saturated rings. The van der Waals surface area contributed by atoms with Crippen LogP contribution in [-0.4, -0.2) is 71.3 Å². The van der Waals surface area contributed by atoms with Gasteiger partial charge < -0.3 is 15.3 Å². The maximum atomic E-state index is 15.7. The van der Waals surface area contributed by atoms with Crippen LogP contribution in [0.2, 0.25) is 0 Å². The van der Waals surface area contributed by atoms with Gasteiger partial charge in [-0.2, -0.15) is 4.80 Å². The topological polar surface area (TPSA) is 118 Å². The first-order valence-corrected chi connectivity index (χ1v) is 10.5. The summed E-state index contributed by atoms with van der Waals surface area (Å²) in [5, 5.41) is 33.8. The molecule has 4 heterocycles. The Morgan fingerprint density at radius 1 is 1.31 bits per heavy atom. The van der Waals surface area contributed by atoms with Gasteiger partial charge in [-0.25, -0.2) is 9.37 Å². The summed E-state index contributed by atoms with van der Waals surface area (Å²) in [4.78, 5) is 6.58. The van der Waals surface area contributed by atoms with Gasteiger partial charge in [-0.15, -0.1) is 20.4 Å². The van der Waals surface area contributed by atoms with E-state index in [-0.39, 0.29) is 23.4 Å². The van der Waals surface area contributed by atoms with Crippen molar-refractivity contribution in [3.8, 4) is 28.5 Å². The van der Waals surface area contributed by atoms with Crippen molar-refractivity contribution in [2.45, 2.75) is 56.4 Å². The second-order valence-electron chi connectivity index (χ2n) is 8.70. The Hall–Kier alpha value is -3.21. The minimum Gasteiger partial charge on any atom is -0.507 e. The van der Waals surface area contributed by atoms with Gasteiger partial charge in [-0.3, -0.25) is 0 Å². The third-order valence-electron chi connectivity index (χ3n) is 6.39. The zero-order valence-corrected chi connectivity index (χ0v) is 17.8. The molecule has 0 amide bonds. The number of hydrogen-bond donors (Lipinski definition) is 2. The number of alkyl halides is 1. The summed E-state index contributed by atoms with van der Waals surface area (Å²) in [5.41, 5.74) is 0.0580. The van der Waals surface area contributed by atoms with Crippen molar-refractivity contribution in [3.63, 3.8) is 0 Å². The first kappa shape index (κ1) is 17.4. The smallest absolute Gasteiger partial charge is 0.205 e. The molecule has 0 aliphatic carbocycles. The van der Waals surface area contributed by atoms with E-state index < -0.39 is 24.7 Å². The molecule has 0 unspecified atom stereocenters. The fourth-order valence-corrected chi connectivity index (χ4v) is 4.72. The van der Waals surface area contributed by atoms with Crippen molar-refractivity contribution in [2.75, 3.05) is 11.9 Å². The first-order chi connectivity index (χ1) is 16.5. The van der Waals surface area contributed by atoms with E-state index in [0.717, 1.165) is 17.7 Å². The van der Waals surface area contributed by atoms with Gasteiger partial charge in [0.25, 0.3) is 0 Å². The van der Waals surface area contributed by atoms with Crippen LogP contribution in [0.5, 0.6) is 5.75 Å². The second-order valence-corrected chi connectivity index (χ2v) is 8.70. The summed E-state index contributed by atoms with van der Waals surface area (Å²) in [7, 11) is 1.63. The fourth-order valence-electron chi connectivity index (χ4n) is 4.72. The SMILES string of the molecule is [2H]C([2H])([2H])N(c1cnc(-c2ccc(-c3nnn(C)n3)cc2O)nn1)[C@@H]1C[C@@H]2CCC[C@](C)(N2)[C@@H]1F. The largest absolute Gasteiger partial charge is 0.507 e. The zero-order valence-electron chi connectivity index (χ0n) is 20.8. The summed E-state index contributed by atoms with van der Waals surface area (Å²) in [5.74, 6) is 0.282. The number of nitrogens with one attached hydrogen (secondary N) is 1. The van der Waals surface area contributed by atoms with E-state index in [9.17, 15) is 5.11 Å². The zero-order chi connectivity index (χ0) is 25.0. The van der Waals surface area contributed by atoms with E-state index in [0.29, 0.717) is 29.8 Å². The summed E-state index contributed by atoms with van der Waals surface area (Å²) in [6, 6.07) is 3.87. The number of piperidine rings is 2. The van der Waals surface area contributed by atoms with Gasteiger partial charge in [-0.1, -0.05) is 6.07 Å². The van der Waals surface area contributed by atoms with Crippen LogP contribution in [0.15, 0.2) is 24.4 Å². The summed E-state index contributed by atoms with van der Waals surface area (Å²) in [6.45, 7) is -0.827. The van der Waals surface area contributed by atoms with E-state index in [1.807, 2.05) is 6.92 Å². The summed E-state index contributed by atoms with van der Waals surface area (Å²) < 4.78 is 40.0. The minimum absolute atomic E-state index is 0.0371. The molecule has 2 aliphatic rings. The molecular weight excluding hydrogens is 413 g/mol. The molecule has 0 saturated carbocycles. The Morgan fingerprint density at radius 2 is 2.19 bits per heavy atom. The molecule has 1 aromatic carbocycles. The molecule has 4 atom stereocenters. The predicted octanol–water partition coefficient (Wildman–Crippen LogP) is 1.88. The Morgan fingerprint density at radius 3 is 2.88 bits per heavy atom. The van der Waals surface area contributed by atoms with Gasteiger partial charge in [0.15, 0.2) is 11.6 Å². The van der Waals surface area contributed by atoms with Crippen molar-refractivity contribution >= 4 is 5.82 Å². The lowest BCUT2D eigenvalue weighted by Gasteiger charge is -2.52. The van der Waals surface area contributed by atoms with E-state index in [1.165, 1.54) is 17.1 Å². The lowest BCUT2D eigenvalue weighted by molar-refractivity contribution is 0.0405. The standard InChI is InChI=1S/C21H26FN9O/c1-21-8-4-5-13(24-21)10-15(18(21)22)30(2)17-11-23-20(26-25-17)14-7-6-12(9-16(14)32)19-27-29-31(3)28-19/h6-7,9,11,13,15,18,24,32H,4-5,8,10H2,1-3H3/t13-,15+,18+,21-/m0/s1/i2D3. The van der Waals surface area contributed by atoms with Crippen LogP contribution >= 0.6 is 0 Å². The van der Waals surface area contributed by atoms with Gasteiger partial charge in [-0.05, 0) is 50.0 Å². The molecule has 2 bridgehead atoms. The molecule has 10 nitrogen and oxygen atoms in total. The Balaban J connectivity index is 1.44. The molecule has 168 valence electrons. The molecule has 2 aliphatic heterocycles. The van der Waals surface area contributed by atoms with E-state index in [2.05, 4.69) is 35.9 Å². The van der Waals surface area contributed by atoms with Crippen molar-refractivity contribution in [3.05, 3.63) is 24.4 Å². The highest BCUT2D eigenvalue weighted by molar-refractivity contribution is 5.69. The number of phenolic OH excluding ortho intramolecular Hbond substituents is 1. The quantitative estimate of drug-likeness (QED) is 0.624. The van der Waals surface area contributed by atoms with Crippen LogP contribution in [0.3, 0.4) is 0 Å². The molecule has 5 rings (SSSR count). The third-order valence-corrected chi connectivity index (χ3v) is 6.39. The second kappa shape index (κ2) is 7.73. The third kappa shape index (κ3) is 3.56. The number of anilines is 1. The molecular formula is C21H26FN9O. The Labute approximate surface area is 189 Å². The van der Waals surface area contributed by atoms with Crippen molar-refractivity contribution < 1.29 is 13.6 Å². The monoisotopic (exact) mass is 442 g/mol. The van der Waals surface area contributed by atoms with Crippen LogP contribution in [0, 0.1) is 0 Å². The molecule has 0 spiro atoms. The Bertz CT molecular complexity index is 1220. The normalized spacial score (nSPS) is 29.1. The molecule has 2 aromatic heterocycles. The lowest BCUT2D eigenvalue weighted by atomic mass is 9.73. The molecule has 32 heavy (non-hydrogen) atoms. The van der Waals surface area contributed by atoms with E-state index in [4.69, 9.17) is 4.11 Å². The van der Waals surface area contributed by atoms with Crippen LogP contribution < -0.4 is 10.2 Å².